The van der Waals surface area contributed by atoms with Gasteiger partial charge in [-0.3, -0.25) is 0 Å². The van der Waals surface area contributed by atoms with Gasteiger partial charge in [-0.25, -0.2) is 0 Å². The predicted molar refractivity (Wildman–Crippen MR) is 82.3 cm³/mol. The van der Waals surface area contributed by atoms with Crippen molar-refractivity contribution in [2.45, 2.75) is 39.2 Å². The van der Waals surface area contributed by atoms with E-state index in [2.05, 4.69) is 32.9 Å². The molecule has 2 aromatic carbocycles. The highest BCUT2D eigenvalue weighted by atomic mass is 16.5. The van der Waals surface area contributed by atoms with Crippen LogP contribution in [-0.4, -0.2) is 5.11 Å². The lowest BCUT2D eigenvalue weighted by molar-refractivity contribution is 0.199. The summed E-state index contributed by atoms with van der Waals surface area (Å²) in [6, 6.07) is 15.7. The fraction of sp³-hybridized carbons (Fsp3) is 0.333. The molecule has 0 aliphatic carbocycles. The summed E-state index contributed by atoms with van der Waals surface area (Å²) in [4.78, 5) is 0. The Morgan fingerprint density at radius 2 is 1.60 bits per heavy atom. The van der Waals surface area contributed by atoms with Crippen molar-refractivity contribution in [3.8, 4) is 11.5 Å². The first-order valence-electron chi connectivity index (χ1n) is 6.93. The molecule has 20 heavy (non-hydrogen) atoms. The maximum absolute atomic E-state index is 9.49. The van der Waals surface area contributed by atoms with Gasteiger partial charge in [0, 0.05) is 0 Å². The van der Waals surface area contributed by atoms with E-state index in [0.717, 1.165) is 17.1 Å². The Hall–Kier alpha value is -1.80. The fourth-order valence-electron chi connectivity index (χ4n) is 1.98. The molecule has 0 aliphatic heterocycles. The van der Waals surface area contributed by atoms with Crippen LogP contribution in [0.25, 0.3) is 0 Å². The van der Waals surface area contributed by atoms with Gasteiger partial charge in [0.15, 0.2) is 0 Å². The Morgan fingerprint density at radius 1 is 0.950 bits per heavy atom. The standard InChI is InChI=1S/C18H22O2/c1-13(19)14-8-10-16(11-9-14)20-17-7-5-6-15(12-17)18(2,3)4/h5-13,19H,1-4H3/t13-/m0/s1. The van der Waals surface area contributed by atoms with E-state index in [1.807, 2.05) is 36.4 Å². The molecule has 2 nitrogen and oxygen atoms in total. The molecule has 0 aromatic heterocycles. The van der Waals surface area contributed by atoms with Gasteiger partial charge in [0.2, 0.25) is 0 Å². The molecule has 0 unspecified atom stereocenters. The Kier molecular flexibility index (Phi) is 4.15. The van der Waals surface area contributed by atoms with Crippen molar-refractivity contribution in [3.05, 3.63) is 59.7 Å². The zero-order valence-electron chi connectivity index (χ0n) is 12.6. The van der Waals surface area contributed by atoms with E-state index in [9.17, 15) is 5.11 Å². The van der Waals surface area contributed by atoms with Crippen molar-refractivity contribution in [3.63, 3.8) is 0 Å². The normalized spacial score (nSPS) is 13.1. The van der Waals surface area contributed by atoms with Gasteiger partial charge in [0.1, 0.15) is 11.5 Å². The minimum absolute atomic E-state index is 0.107. The number of aliphatic hydroxyl groups is 1. The van der Waals surface area contributed by atoms with Gasteiger partial charge >= 0.3 is 0 Å². The summed E-state index contributed by atoms with van der Waals surface area (Å²) in [5.74, 6) is 1.61. The first kappa shape index (κ1) is 14.6. The van der Waals surface area contributed by atoms with Crippen LogP contribution in [0.1, 0.15) is 44.9 Å². The van der Waals surface area contributed by atoms with Crippen LogP contribution in [0.3, 0.4) is 0 Å². The topological polar surface area (TPSA) is 29.5 Å². The van der Waals surface area contributed by atoms with Crippen molar-refractivity contribution in [1.82, 2.24) is 0 Å². The van der Waals surface area contributed by atoms with E-state index in [4.69, 9.17) is 4.74 Å². The SMILES string of the molecule is C[C@H](O)c1ccc(Oc2cccc(C(C)(C)C)c2)cc1. The zero-order valence-corrected chi connectivity index (χ0v) is 12.6. The van der Waals surface area contributed by atoms with Crippen LogP contribution < -0.4 is 4.74 Å². The van der Waals surface area contributed by atoms with Crippen molar-refractivity contribution < 1.29 is 9.84 Å². The molecule has 0 fully saturated rings. The maximum atomic E-state index is 9.49. The highest BCUT2D eigenvalue weighted by Gasteiger charge is 2.14. The van der Waals surface area contributed by atoms with Gasteiger partial charge in [-0.05, 0) is 47.7 Å². The average Bonchev–Trinajstić information content (AvgIpc) is 2.38. The Morgan fingerprint density at radius 3 is 2.15 bits per heavy atom. The van der Waals surface area contributed by atoms with Crippen molar-refractivity contribution in [2.75, 3.05) is 0 Å². The third-order valence-corrected chi connectivity index (χ3v) is 3.30. The van der Waals surface area contributed by atoms with Crippen molar-refractivity contribution >= 4 is 0 Å². The lowest BCUT2D eigenvalue weighted by Gasteiger charge is -2.19. The number of ether oxygens (including phenoxy) is 1. The molecule has 1 N–H and O–H groups in total. The van der Waals surface area contributed by atoms with Gasteiger partial charge < -0.3 is 9.84 Å². The van der Waals surface area contributed by atoms with E-state index < -0.39 is 6.10 Å². The van der Waals surface area contributed by atoms with Gasteiger partial charge in [0.05, 0.1) is 6.10 Å². The second-order valence-corrected chi connectivity index (χ2v) is 6.12. The van der Waals surface area contributed by atoms with Crippen molar-refractivity contribution in [2.24, 2.45) is 0 Å². The van der Waals surface area contributed by atoms with Crippen LogP contribution in [0.15, 0.2) is 48.5 Å². The predicted octanol–water partition coefficient (Wildman–Crippen LogP) is 4.83. The number of rotatable bonds is 3. The van der Waals surface area contributed by atoms with Crippen LogP contribution in [0, 0.1) is 0 Å². The largest absolute Gasteiger partial charge is 0.457 e. The fourth-order valence-corrected chi connectivity index (χ4v) is 1.98. The molecule has 0 amide bonds. The molecular weight excluding hydrogens is 248 g/mol. The van der Waals surface area contributed by atoms with Crippen LogP contribution >= 0.6 is 0 Å². The second-order valence-electron chi connectivity index (χ2n) is 6.12. The summed E-state index contributed by atoms with van der Waals surface area (Å²) in [7, 11) is 0. The number of aliphatic hydroxyl groups excluding tert-OH is 1. The maximum Gasteiger partial charge on any atom is 0.127 e. The number of hydrogen-bond donors (Lipinski definition) is 1. The van der Waals surface area contributed by atoms with E-state index in [1.54, 1.807) is 6.92 Å². The first-order chi connectivity index (χ1) is 9.36. The molecule has 0 spiro atoms. The van der Waals surface area contributed by atoms with Crippen LogP contribution in [0.5, 0.6) is 11.5 Å². The van der Waals surface area contributed by atoms with E-state index in [-0.39, 0.29) is 5.41 Å². The molecule has 0 saturated carbocycles. The van der Waals surface area contributed by atoms with E-state index >= 15 is 0 Å². The lowest BCUT2D eigenvalue weighted by Crippen LogP contribution is -2.10. The molecule has 0 aliphatic rings. The minimum Gasteiger partial charge on any atom is -0.457 e. The van der Waals surface area contributed by atoms with Gasteiger partial charge in [-0.15, -0.1) is 0 Å². The minimum atomic E-state index is -0.451. The molecule has 2 aromatic rings. The summed E-state index contributed by atoms with van der Waals surface area (Å²) in [6.45, 7) is 8.30. The van der Waals surface area contributed by atoms with Gasteiger partial charge in [0.25, 0.3) is 0 Å². The molecular formula is C18H22O2. The summed E-state index contributed by atoms with van der Waals surface area (Å²) in [6.07, 6.45) is -0.451. The zero-order chi connectivity index (χ0) is 14.8. The Bertz CT molecular complexity index is 563. The Balaban J connectivity index is 2.18. The van der Waals surface area contributed by atoms with Crippen LogP contribution in [-0.2, 0) is 5.41 Å². The number of hydrogen-bond acceptors (Lipinski definition) is 2. The van der Waals surface area contributed by atoms with Gasteiger partial charge in [-0.1, -0.05) is 45.0 Å². The van der Waals surface area contributed by atoms with Gasteiger partial charge in [-0.2, -0.15) is 0 Å². The highest BCUT2D eigenvalue weighted by molar-refractivity contribution is 5.37. The molecule has 2 rings (SSSR count). The lowest BCUT2D eigenvalue weighted by atomic mass is 9.87. The average molecular weight is 270 g/mol. The third-order valence-electron chi connectivity index (χ3n) is 3.30. The monoisotopic (exact) mass is 270 g/mol. The highest BCUT2D eigenvalue weighted by Crippen LogP contribution is 2.28. The molecule has 1 atom stereocenters. The summed E-state index contributed by atoms with van der Waals surface area (Å²) in [5, 5.41) is 9.49. The molecule has 0 heterocycles. The molecule has 0 saturated heterocycles. The first-order valence-corrected chi connectivity index (χ1v) is 6.93. The third kappa shape index (κ3) is 3.61. The van der Waals surface area contributed by atoms with E-state index in [0.29, 0.717) is 0 Å². The molecule has 0 radical (unpaired) electrons. The quantitative estimate of drug-likeness (QED) is 0.865. The number of benzene rings is 2. The molecule has 2 heteroatoms. The van der Waals surface area contributed by atoms with Crippen LogP contribution in [0.4, 0.5) is 0 Å². The summed E-state index contributed by atoms with van der Waals surface area (Å²) < 4.78 is 5.87. The van der Waals surface area contributed by atoms with Crippen molar-refractivity contribution in [1.29, 1.82) is 0 Å². The second kappa shape index (κ2) is 5.68. The van der Waals surface area contributed by atoms with E-state index in [1.165, 1.54) is 5.56 Å². The summed E-state index contributed by atoms with van der Waals surface area (Å²) in [5.41, 5.74) is 2.24. The Labute approximate surface area is 121 Å². The summed E-state index contributed by atoms with van der Waals surface area (Å²) >= 11 is 0. The molecule has 106 valence electrons. The molecule has 0 bridgehead atoms. The smallest absolute Gasteiger partial charge is 0.127 e. The van der Waals surface area contributed by atoms with Crippen LogP contribution in [0.2, 0.25) is 0 Å².